The molecule has 86 valence electrons. The Kier molecular flexibility index (Phi) is 2.74. The SMILES string of the molecule is Clc1cccc(N2CCN(C3CC3)CC2)n1. The van der Waals surface area contributed by atoms with Crippen molar-refractivity contribution in [2.45, 2.75) is 18.9 Å². The van der Waals surface area contributed by atoms with Gasteiger partial charge in [0.1, 0.15) is 11.0 Å². The van der Waals surface area contributed by atoms with E-state index in [0.29, 0.717) is 5.15 Å². The van der Waals surface area contributed by atoms with Crippen molar-refractivity contribution in [1.29, 1.82) is 0 Å². The lowest BCUT2D eigenvalue weighted by molar-refractivity contribution is 0.247. The predicted molar refractivity (Wildman–Crippen MR) is 66.1 cm³/mol. The smallest absolute Gasteiger partial charge is 0.131 e. The minimum Gasteiger partial charge on any atom is -0.354 e. The summed E-state index contributed by atoms with van der Waals surface area (Å²) in [4.78, 5) is 9.28. The predicted octanol–water partition coefficient (Wildman–Crippen LogP) is 2.02. The fraction of sp³-hybridized carbons (Fsp3) is 0.583. The molecule has 1 saturated carbocycles. The van der Waals surface area contributed by atoms with Gasteiger partial charge < -0.3 is 4.90 Å². The van der Waals surface area contributed by atoms with Gasteiger partial charge in [0.2, 0.25) is 0 Å². The average Bonchev–Trinajstić information content (AvgIpc) is 3.13. The van der Waals surface area contributed by atoms with Crippen LogP contribution in [0.15, 0.2) is 18.2 Å². The van der Waals surface area contributed by atoms with Crippen LogP contribution in [-0.4, -0.2) is 42.1 Å². The van der Waals surface area contributed by atoms with Crippen molar-refractivity contribution in [3.8, 4) is 0 Å². The van der Waals surface area contributed by atoms with Gasteiger partial charge in [-0.2, -0.15) is 0 Å². The second-order valence-corrected chi connectivity index (χ2v) is 4.96. The van der Waals surface area contributed by atoms with Crippen LogP contribution in [0, 0.1) is 0 Å². The topological polar surface area (TPSA) is 19.4 Å². The summed E-state index contributed by atoms with van der Waals surface area (Å²) < 4.78 is 0. The van der Waals surface area contributed by atoms with Gasteiger partial charge in [0.05, 0.1) is 0 Å². The number of hydrogen-bond acceptors (Lipinski definition) is 3. The summed E-state index contributed by atoms with van der Waals surface area (Å²) in [7, 11) is 0. The van der Waals surface area contributed by atoms with Crippen molar-refractivity contribution in [1.82, 2.24) is 9.88 Å². The maximum atomic E-state index is 5.90. The molecule has 2 aliphatic rings. The van der Waals surface area contributed by atoms with E-state index < -0.39 is 0 Å². The molecule has 0 bridgehead atoms. The van der Waals surface area contributed by atoms with Crippen LogP contribution in [0.4, 0.5) is 5.82 Å². The van der Waals surface area contributed by atoms with Crippen LogP contribution in [0.2, 0.25) is 5.15 Å². The summed E-state index contributed by atoms with van der Waals surface area (Å²) in [5, 5.41) is 0.585. The third-order valence-electron chi connectivity index (χ3n) is 3.40. The van der Waals surface area contributed by atoms with Gasteiger partial charge in [-0.25, -0.2) is 4.98 Å². The zero-order valence-corrected chi connectivity index (χ0v) is 10.0. The van der Waals surface area contributed by atoms with Crippen LogP contribution in [-0.2, 0) is 0 Å². The fourth-order valence-electron chi connectivity index (χ4n) is 2.33. The standard InChI is InChI=1S/C12H16ClN3/c13-11-2-1-3-12(14-11)16-8-6-15(7-9-16)10-4-5-10/h1-3,10H,4-9H2. The third-order valence-corrected chi connectivity index (χ3v) is 3.61. The lowest BCUT2D eigenvalue weighted by Gasteiger charge is -2.35. The Balaban J connectivity index is 1.64. The molecule has 1 aromatic rings. The molecule has 0 unspecified atom stereocenters. The van der Waals surface area contributed by atoms with Crippen LogP contribution < -0.4 is 4.90 Å². The molecule has 0 spiro atoms. The summed E-state index contributed by atoms with van der Waals surface area (Å²) in [6.45, 7) is 4.48. The van der Waals surface area contributed by atoms with E-state index >= 15 is 0 Å². The third kappa shape index (κ3) is 2.15. The molecule has 2 heterocycles. The van der Waals surface area contributed by atoms with E-state index in [2.05, 4.69) is 14.8 Å². The number of pyridine rings is 1. The van der Waals surface area contributed by atoms with E-state index in [4.69, 9.17) is 11.6 Å². The molecule has 3 nitrogen and oxygen atoms in total. The highest BCUT2D eigenvalue weighted by atomic mass is 35.5. The zero-order valence-electron chi connectivity index (χ0n) is 9.27. The Morgan fingerprint density at radius 2 is 1.88 bits per heavy atom. The van der Waals surface area contributed by atoms with E-state index in [1.807, 2.05) is 18.2 Å². The van der Waals surface area contributed by atoms with Gasteiger partial charge in [-0.05, 0) is 25.0 Å². The quantitative estimate of drug-likeness (QED) is 0.734. The van der Waals surface area contributed by atoms with Crippen LogP contribution in [0.5, 0.6) is 0 Å². The minimum atomic E-state index is 0.585. The summed E-state index contributed by atoms with van der Waals surface area (Å²) in [5.41, 5.74) is 0. The highest BCUT2D eigenvalue weighted by molar-refractivity contribution is 6.29. The molecule has 4 heteroatoms. The van der Waals surface area contributed by atoms with Crippen LogP contribution in [0.1, 0.15) is 12.8 Å². The van der Waals surface area contributed by atoms with Crippen LogP contribution >= 0.6 is 11.6 Å². The molecule has 1 aliphatic carbocycles. The molecular weight excluding hydrogens is 222 g/mol. The van der Waals surface area contributed by atoms with Crippen molar-refractivity contribution in [3.63, 3.8) is 0 Å². The van der Waals surface area contributed by atoms with Crippen molar-refractivity contribution < 1.29 is 0 Å². The highest BCUT2D eigenvalue weighted by Gasteiger charge is 2.31. The number of nitrogens with zero attached hydrogens (tertiary/aromatic N) is 3. The minimum absolute atomic E-state index is 0.585. The van der Waals surface area contributed by atoms with Gasteiger partial charge >= 0.3 is 0 Å². The molecule has 16 heavy (non-hydrogen) atoms. The second kappa shape index (κ2) is 4.22. The molecule has 0 N–H and O–H groups in total. The molecule has 2 fully saturated rings. The Morgan fingerprint density at radius 1 is 1.12 bits per heavy atom. The average molecular weight is 238 g/mol. The molecular formula is C12H16ClN3. The maximum Gasteiger partial charge on any atom is 0.131 e. The van der Waals surface area contributed by atoms with E-state index in [0.717, 1.165) is 24.9 Å². The monoisotopic (exact) mass is 237 g/mol. The summed E-state index contributed by atoms with van der Waals surface area (Å²) in [5.74, 6) is 1.02. The molecule has 1 aromatic heterocycles. The van der Waals surface area contributed by atoms with Crippen LogP contribution in [0.25, 0.3) is 0 Å². The molecule has 1 saturated heterocycles. The van der Waals surface area contributed by atoms with Crippen molar-refractivity contribution in [3.05, 3.63) is 23.4 Å². The Labute approximate surface area is 101 Å². The number of anilines is 1. The van der Waals surface area contributed by atoms with Gasteiger partial charge in [-0.15, -0.1) is 0 Å². The number of piperazine rings is 1. The Hall–Kier alpha value is -0.800. The summed E-state index contributed by atoms with van der Waals surface area (Å²) in [6, 6.07) is 6.72. The second-order valence-electron chi connectivity index (χ2n) is 4.57. The van der Waals surface area contributed by atoms with E-state index in [9.17, 15) is 0 Å². The Bertz CT molecular complexity index is 370. The molecule has 3 rings (SSSR count). The van der Waals surface area contributed by atoms with Crippen molar-refractivity contribution >= 4 is 17.4 Å². The first kappa shape index (κ1) is 10.4. The highest BCUT2D eigenvalue weighted by Crippen LogP contribution is 2.28. The molecule has 0 atom stereocenters. The molecule has 0 aromatic carbocycles. The Morgan fingerprint density at radius 3 is 2.50 bits per heavy atom. The number of aromatic nitrogens is 1. The number of hydrogen-bond donors (Lipinski definition) is 0. The van der Waals surface area contributed by atoms with Crippen molar-refractivity contribution in [2.75, 3.05) is 31.1 Å². The normalized spacial score (nSPS) is 22.4. The van der Waals surface area contributed by atoms with Gasteiger partial charge in [0.15, 0.2) is 0 Å². The molecule has 0 amide bonds. The van der Waals surface area contributed by atoms with E-state index in [1.54, 1.807) is 0 Å². The fourth-order valence-corrected chi connectivity index (χ4v) is 2.49. The lowest BCUT2D eigenvalue weighted by atomic mass is 10.3. The largest absolute Gasteiger partial charge is 0.354 e. The van der Waals surface area contributed by atoms with Gasteiger partial charge in [-0.1, -0.05) is 17.7 Å². The first-order chi connectivity index (χ1) is 7.83. The summed E-state index contributed by atoms with van der Waals surface area (Å²) >= 11 is 5.90. The molecule has 0 radical (unpaired) electrons. The molecule has 1 aliphatic heterocycles. The first-order valence-electron chi connectivity index (χ1n) is 5.94. The van der Waals surface area contributed by atoms with Crippen molar-refractivity contribution in [2.24, 2.45) is 0 Å². The van der Waals surface area contributed by atoms with Gasteiger partial charge in [0.25, 0.3) is 0 Å². The van der Waals surface area contributed by atoms with E-state index in [-0.39, 0.29) is 0 Å². The maximum absolute atomic E-state index is 5.90. The number of rotatable bonds is 2. The number of halogens is 1. The van der Waals surface area contributed by atoms with Crippen LogP contribution in [0.3, 0.4) is 0 Å². The first-order valence-corrected chi connectivity index (χ1v) is 6.32. The summed E-state index contributed by atoms with van der Waals surface area (Å²) in [6.07, 6.45) is 2.80. The van der Waals surface area contributed by atoms with E-state index in [1.165, 1.54) is 25.9 Å². The van der Waals surface area contributed by atoms with Gasteiger partial charge in [-0.3, -0.25) is 4.90 Å². The zero-order chi connectivity index (χ0) is 11.0. The lowest BCUT2D eigenvalue weighted by Crippen LogP contribution is -2.47. The van der Waals surface area contributed by atoms with Gasteiger partial charge in [0, 0.05) is 32.2 Å².